The van der Waals surface area contributed by atoms with Crippen molar-refractivity contribution < 1.29 is 18.6 Å². The maximum atomic E-state index is 2.26. The molecule has 0 amide bonds. The van der Waals surface area contributed by atoms with Crippen molar-refractivity contribution in [2.24, 2.45) is 0 Å². The van der Waals surface area contributed by atoms with Crippen LogP contribution in [0, 0.1) is 0 Å². The second-order valence-corrected chi connectivity index (χ2v) is 2.85. The Kier molecular flexibility index (Phi) is 3.08. The molecule has 0 aliphatic carbocycles. The maximum Gasteiger partial charge on any atom is 0 e. The molecule has 0 bridgehead atoms. The fraction of sp³-hybridized carbons (Fsp3) is 0.182. The van der Waals surface area contributed by atoms with Crippen molar-refractivity contribution in [3.63, 3.8) is 0 Å². The Hall–Kier alpha value is -0.586. The van der Waals surface area contributed by atoms with E-state index in [1.807, 2.05) is 0 Å². The molecule has 0 aromatic heterocycles. The summed E-state index contributed by atoms with van der Waals surface area (Å²) < 4.78 is 0. The predicted molar refractivity (Wildman–Crippen MR) is 48.9 cm³/mol. The molecule has 2 aromatic rings. The second-order valence-electron chi connectivity index (χ2n) is 2.85. The summed E-state index contributed by atoms with van der Waals surface area (Å²) in [7, 11) is 0. The first-order valence-electron chi connectivity index (χ1n) is 4.04. The van der Waals surface area contributed by atoms with E-state index in [1.54, 1.807) is 0 Å². The van der Waals surface area contributed by atoms with Crippen LogP contribution in [0.5, 0.6) is 0 Å². The third-order valence-electron chi connectivity index (χ3n) is 2.09. The number of benzene rings is 1. The molecule has 0 atom stereocenters. The summed E-state index contributed by atoms with van der Waals surface area (Å²) in [5.41, 5.74) is 1.44. The van der Waals surface area contributed by atoms with Gasteiger partial charge in [0, 0.05) is 18.6 Å². The molecule has 0 saturated heterocycles. The number of rotatable bonds is 1. The van der Waals surface area contributed by atoms with Crippen LogP contribution in [0.1, 0.15) is 12.5 Å². The minimum Gasteiger partial charge on any atom is -0.165 e. The van der Waals surface area contributed by atoms with Crippen LogP contribution in [0.2, 0.25) is 0 Å². The van der Waals surface area contributed by atoms with E-state index in [0.717, 1.165) is 6.42 Å². The zero-order valence-electron chi connectivity index (χ0n) is 7.12. The van der Waals surface area contributed by atoms with E-state index in [4.69, 9.17) is 0 Å². The normalized spacial score (nSPS) is 9.75. The van der Waals surface area contributed by atoms with Gasteiger partial charge in [-0.2, -0.15) is 6.07 Å². The van der Waals surface area contributed by atoms with E-state index in [2.05, 4.69) is 43.3 Å². The summed E-state index contributed by atoms with van der Waals surface area (Å²) in [5.74, 6) is 0. The quantitative estimate of drug-likeness (QED) is 0.612. The van der Waals surface area contributed by atoms with Crippen molar-refractivity contribution in [1.29, 1.82) is 0 Å². The van der Waals surface area contributed by atoms with Gasteiger partial charge < -0.3 is 0 Å². The van der Waals surface area contributed by atoms with E-state index < -0.39 is 0 Å². The molecule has 0 spiro atoms. The molecular formula is C11H11V-. The van der Waals surface area contributed by atoms with Crippen LogP contribution in [-0.2, 0) is 25.0 Å². The first-order chi connectivity index (χ1) is 5.40. The summed E-state index contributed by atoms with van der Waals surface area (Å²) >= 11 is 0. The molecule has 0 heterocycles. The summed E-state index contributed by atoms with van der Waals surface area (Å²) in [6.07, 6.45) is 1.13. The topological polar surface area (TPSA) is 0 Å². The number of aryl methyl sites for hydroxylation is 1. The van der Waals surface area contributed by atoms with Gasteiger partial charge in [0.15, 0.2) is 0 Å². The Bertz CT molecular complexity index is 327. The monoisotopic (exact) mass is 194 g/mol. The summed E-state index contributed by atoms with van der Waals surface area (Å²) in [4.78, 5) is 0. The Balaban J connectivity index is 0.000000720. The molecule has 0 fully saturated rings. The van der Waals surface area contributed by atoms with E-state index in [1.165, 1.54) is 16.3 Å². The standard InChI is InChI=1S/C11H11.V/c1-2-9-7-10-5-3-4-6-11(10)8-9;/h3-8H,2H2,1H3;/q-1;. The third-order valence-corrected chi connectivity index (χ3v) is 2.09. The summed E-state index contributed by atoms with van der Waals surface area (Å²) in [5, 5.41) is 2.73. The fourth-order valence-electron chi connectivity index (χ4n) is 1.42. The molecule has 0 unspecified atom stereocenters. The Morgan fingerprint density at radius 3 is 2.67 bits per heavy atom. The molecule has 0 aliphatic rings. The minimum absolute atomic E-state index is 0. The molecule has 0 saturated carbocycles. The Morgan fingerprint density at radius 1 is 1.25 bits per heavy atom. The van der Waals surface area contributed by atoms with Gasteiger partial charge in [-0.05, 0) is 6.42 Å². The molecule has 0 N–H and O–H groups in total. The summed E-state index contributed by atoms with van der Waals surface area (Å²) in [6.45, 7) is 2.19. The van der Waals surface area contributed by atoms with Gasteiger partial charge in [-0.25, -0.2) is 0 Å². The molecule has 61 valence electrons. The van der Waals surface area contributed by atoms with Crippen molar-refractivity contribution in [1.82, 2.24) is 0 Å². The first-order valence-corrected chi connectivity index (χ1v) is 4.04. The zero-order chi connectivity index (χ0) is 7.68. The number of hydrogen-bond donors (Lipinski definition) is 0. The number of fused-ring (bicyclic) bond motifs is 1. The molecule has 1 heteroatoms. The smallest absolute Gasteiger partial charge is 0 e. The molecule has 0 nitrogen and oxygen atoms in total. The van der Waals surface area contributed by atoms with Crippen LogP contribution in [0.3, 0.4) is 0 Å². The van der Waals surface area contributed by atoms with Crippen LogP contribution in [0.4, 0.5) is 0 Å². The van der Waals surface area contributed by atoms with Crippen LogP contribution in [0.15, 0.2) is 36.4 Å². The van der Waals surface area contributed by atoms with Gasteiger partial charge in [0.1, 0.15) is 0 Å². The largest absolute Gasteiger partial charge is 0.165 e. The molecule has 1 radical (unpaired) electrons. The van der Waals surface area contributed by atoms with E-state index in [9.17, 15) is 0 Å². The average molecular weight is 194 g/mol. The molecular weight excluding hydrogens is 183 g/mol. The van der Waals surface area contributed by atoms with Crippen molar-refractivity contribution >= 4 is 10.8 Å². The van der Waals surface area contributed by atoms with Crippen molar-refractivity contribution in [3.05, 3.63) is 42.0 Å². The van der Waals surface area contributed by atoms with Crippen molar-refractivity contribution in [2.45, 2.75) is 13.3 Å². The van der Waals surface area contributed by atoms with Gasteiger partial charge in [0.05, 0.1) is 0 Å². The van der Waals surface area contributed by atoms with Gasteiger partial charge in [-0.3, -0.25) is 0 Å². The molecule has 12 heavy (non-hydrogen) atoms. The van der Waals surface area contributed by atoms with Gasteiger partial charge in [0.2, 0.25) is 0 Å². The van der Waals surface area contributed by atoms with E-state index in [0.29, 0.717) is 0 Å². The Morgan fingerprint density at radius 2 is 2.00 bits per heavy atom. The summed E-state index contributed by atoms with van der Waals surface area (Å²) in [6, 6.07) is 13.0. The SMILES string of the molecule is CCc1cc2ccccc2[cH-]1.[V]. The van der Waals surface area contributed by atoms with Crippen LogP contribution in [0.25, 0.3) is 10.8 Å². The zero-order valence-corrected chi connectivity index (χ0v) is 8.52. The minimum atomic E-state index is 0. The van der Waals surface area contributed by atoms with Gasteiger partial charge in [-0.1, -0.05) is 13.0 Å². The van der Waals surface area contributed by atoms with Crippen LogP contribution in [-0.4, -0.2) is 0 Å². The van der Waals surface area contributed by atoms with E-state index in [-0.39, 0.29) is 18.6 Å². The van der Waals surface area contributed by atoms with Gasteiger partial charge in [-0.15, -0.1) is 40.6 Å². The first kappa shape index (κ1) is 9.50. The maximum absolute atomic E-state index is 2.26. The third kappa shape index (κ3) is 1.60. The van der Waals surface area contributed by atoms with Crippen LogP contribution < -0.4 is 0 Å². The Labute approximate surface area is 84.8 Å². The fourth-order valence-corrected chi connectivity index (χ4v) is 1.42. The molecule has 2 aromatic carbocycles. The van der Waals surface area contributed by atoms with Gasteiger partial charge in [0.25, 0.3) is 0 Å². The van der Waals surface area contributed by atoms with E-state index >= 15 is 0 Å². The number of hydrogen-bond acceptors (Lipinski definition) is 0. The molecule has 0 aliphatic heterocycles. The van der Waals surface area contributed by atoms with Gasteiger partial charge >= 0.3 is 0 Å². The predicted octanol–water partition coefficient (Wildman–Crippen LogP) is 3.12. The van der Waals surface area contributed by atoms with Crippen molar-refractivity contribution in [3.8, 4) is 0 Å². The van der Waals surface area contributed by atoms with Crippen molar-refractivity contribution in [2.75, 3.05) is 0 Å². The van der Waals surface area contributed by atoms with Crippen LogP contribution >= 0.6 is 0 Å². The molecule has 2 rings (SSSR count). The second kappa shape index (κ2) is 3.88. The average Bonchev–Trinajstić information content (AvgIpc) is 2.46.